The highest BCUT2D eigenvalue weighted by atomic mass is 32.1. The van der Waals surface area contributed by atoms with Crippen LogP contribution >= 0.6 is 12.2 Å². The molecule has 0 heterocycles. The van der Waals surface area contributed by atoms with Crippen LogP contribution in [-0.4, -0.2) is 16.9 Å². The smallest absolute Gasteiger partial charge is 0.232 e. The van der Waals surface area contributed by atoms with Crippen molar-refractivity contribution in [3.8, 4) is 0 Å². The number of hydrogen-bond acceptors (Lipinski definition) is 2. The quantitative estimate of drug-likeness (QED) is 0.744. The van der Waals surface area contributed by atoms with Crippen molar-refractivity contribution in [1.82, 2.24) is 5.32 Å². The molecule has 1 aliphatic carbocycles. The van der Waals surface area contributed by atoms with Gasteiger partial charge in [0.15, 0.2) is 0 Å². The second kappa shape index (κ2) is 5.13. The maximum absolute atomic E-state index is 12.0. The molecule has 0 bridgehead atoms. The zero-order chi connectivity index (χ0) is 12.3. The van der Waals surface area contributed by atoms with Gasteiger partial charge in [0.1, 0.15) is 0 Å². The Morgan fingerprint density at radius 1 is 1.38 bits per heavy atom. The van der Waals surface area contributed by atoms with Crippen molar-refractivity contribution >= 4 is 23.1 Å². The zero-order valence-corrected chi connectivity index (χ0v) is 11.2. The van der Waals surface area contributed by atoms with Gasteiger partial charge in [0.2, 0.25) is 5.91 Å². The van der Waals surface area contributed by atoms with Gasteiger partial charge in [-0.2, -0.15) is 0 Å². The minimum Gasteiger partial charge on any atom is -0.392 e. The van der Waals surface area contributed by atoms with Crippen molar-refractivity contribution < 1.29 is 4.79 Å². The molecule has 0 aromatic rings. The van der Waals surface area contributed by atoms with E-state index in [0.717, 1.165) is 6.42 Å². The van der Waals surface area contributed by atoms with Gasteiger partial charge in [0, 0.05) is 6.04 Å². The third-order valence-corrected chi connectivity index (χ3v) is 4.12. The monoisotopic (exact) mass is 242 g/mol. The highest BCUT2D eigenvalue weighted by molar-refractivity contribution is 7.80. The topological polar surface area (TPSA) is 55.1 Å². The maximum atomic E-state index is 12.0. The van der Waals surface area contributed by atoms with E-state index in [2.05, 4.69) is 12.2 Å². The zero-order valence-electron chi connectivity index (χ0n) is 10.4. The van der Waals surface area contributed by atoms with Crippen LogP contribution in [0.3, 0.4) is 0 Å². The third-order valence-electron chi connectivity index (χ3n) is 3.61. The molecule has 2 unspecified atom stereocenters. The Morgan fingerprint density at radius 3 is 2.44 bits per heavy atom. The van der Waals surface area contributed by atoms with E-state index in [0.29, 0.717) is 5.92 Å². The molecular formula is C12H22N2OS. The summed E-state index contributed by atoms with van der Waals surface area (Å²) in [6.45, 7) is 5.74. The molecule has 0 spiro atoms. The molecule has 0 aromatic carbocycles. The Balaban J connectivity index is 2.59. The van der Waals surface area contributed by atoms with E-state index >= 15 is 0 Å². The number of rotatable bonds is 3. The van der Waals surface area contributed by atoms with Crippen molar-refractivity contribution in [3.63, 3.8) is 0 Å². The SMILES string of the molecule is CC1CCCCC1NC(=O)C(C)(C)C(N)=S. The third kappa shape index (κ3) is 2.94. The van der Waals surface area contributed by atoms with Gasteiger partial charge in [0.25, 0.3) is 0 Å². The van der Waals surface area contributed by atoms with Gasteiger partial charge >= 0.3 is 0 Å². The van der Waals surface area contributed by atoms with Gasteiger partial charge < -0.3 is 11.1 Å². The molecule has 1 saturated carbocycles. The Bertz CT molecular complexity index is 289. The van der Waals surface area contributed by atoms with Crippen LogP contribution < -0.4 is 11.1 Å². The average molecular weight is 242 g/mol. The van der Waals surface area contributed by atoms with Crippen molar-refractivity contribution in [2.75, 3.05) is 0 Å². The Morgan fingerprint density at radius 2 is 1.94 bits per heavy atom. The highest BCUT2D eigenvalue weighted by Gasteiger charge is 2.33. The van der Waals surface area contributed by atoms with Crippen LogP contribution in [0.1, 0.15) is 46.5 Å². The molecule has 0 aromatic heterocycles. The number of carbonyl (C=O) groups excluding carboxylic acids is 1. The van der Waals surface area contributed by atoms with E-state index in [-0.39, 0.29) is 16.9 Å². The van der Waals surface area contributed by atoms with Crippen molar-refractivity contribution in [2.24, 2.45) is 17.1 Å². The molecule has 1 amide bonds. The lowest BCUT2D eigenvalue weighted by Crippen LogP contribution is -2.50. The predicted octanol–water partition coefficient (Wildman–Crippen LogP) is 1.99. The van der Waals surface area contributed by atoms with E-state index in [4.69, 9.17) is 18.0 Å². The van der Waals surface area contributed by atoms with Crippen molar-refractivity contribution in [2.45, 2.75) is 52.5 Å². The van der Waals surface area contributed by atoms with Gasteiger partial charge in [-0.25, -0.2) is 0 Å². The maximum Gasteiger partial charge on any atom is 0.232 e. The van der Waals surface area contributed by atoms with Gasteiger partial charge in [0.05, 0.1) is 10.4 Å². The van der Waals surface area contributed by atoms with Gasteiger partial charge in [-0.1, -0.05) is 32.0 Å². The van der Waals surface area contributed by atoms with Gasteiger partial charge in [-0.15, -0.1) is 0 Å². The summed E-state index contributed by atoms with van der Waals surface area (Å²) in [6, 6.07) is 0.287. The van der Waals surface area contributed by atoms with E-state index in [1.807, 2.05) is 0 Å². The summed E-state index contributed by atoms with van der Waals surface area (Å²) in [6.07, 6.45) is 4.73. The minimum absolute atomic E-state index is 0.0428. The molecule has 4 heteroatoms. The van der Waals surface area contributed by atoms with Crippen molar-refractivity contribution in [3.05, 3.63) is 0 Å². The summed E-state index contributed by atoms with van der Waals surface area (Å²) in [5, 5.41) is 3.08. The molecule has 16 heavy (non-hydrogen) atoms. The summed E-state index contributed by atoms with van der Waals surface area (Å²) >= 11 is 4.92. The minimum atomic E-state index is -0.744. The first-order valence-corrected chi connectivity index (χ1v) is 6.37. The summed E-state index contributed by atoms with van der Waals surface area (Å²) < 4.78 is 0. The molecule has 3 N–H and O–H groups in total. The van der Waals surface area contributed by atoms with Crippen LogP contribution in [0.5, 0.6) is 0 Å². The van der Waals surface area contributed by atoms with Crippen molar-refractivity contribution in [1.29, 1.82) is 0 Å². The second-order valence-electron chi connectivity index (χ2n) is 5.33. The fraction of sp³-hybridized carbons (Fsp3) is 0.833. The van der Waals surface area contributed by atoms with Gasteiger partial charge in [-0.05, 0) is 32.6 Å². The van der Waals surface area contributed by atoms with E-state index < -0.39 is 5.41 Å². The lowest BCUT2D eigenvalue weighted by molar-refractivity contribution is -0.127. The molecule has 3 nitrogen and oxygen atoms in total. The molecule has 2 atom stereocenters. The summed E-state index contributed by atoms with van der Waals surface area (Å²) in [4.78, 5) is 12.3. The normalized spacial score (nSPS) is 26.2. The molecule has 1 fully saturated rings. The molecule has 1 rings (SSSR count). The number of thiocarbonyl (C=S) groups is 1. The average Bonchev–Trinajstić information content (AvgIpc) is 2.21. The first-order chi connectivity index (χ1) is 7.35. The number of nitrogens with one attached hydrogen (secondary N) is 1. The van der Waals surface area contributed by atoms with E-state index in [9.17, 15) is 4.79 Å². The fourth-order valence-electron chi connectivity index (χ4n) is 1.99. The Kier molecular flexibility index (Phi) is 4.30. The first-order valence-electron chi connectivity index (χ1n) is 5.96. The molecule has 1 aliphatic rings. The largest absolute Gasteiger partial charge is 0.392 e. The first kappa shape index (κ1) is 13.4. The lowest BCUT2D eigenvalue weighted by Gasteiger charge is -2.32. The van der Waals surface area contributed by atoms with Crippen LogP contribution in [0.25, 0.3) is 0 Å². The summed E-state index contributed by atoms with van der Waals surface area (Å²) in [5.74, 6) is 0.513. The van der Waals surface area contributed by atoms with E-state index in [1.165, 1.54) is 19.3 Å². The molecule has 92 valence electrons. The van der Waals surface area contributed by atoms with Crippen LogP contribution in [0.15, 0.2) is 0 Å². The number of carbonyl (C=O) groups is 1. The van der Waals surface area contributed by atoms with Gasteiger partial charge in [-0.3, -0.25) is 4.79 Å². The highest BCUT2D eigenvalue weighted by Crippen LogP contribution is 2.25. The van der Waals surface area contributed by atoms with Crippen LogP contribution in [0.4, 0.5) is 0 Å². The van der Waals surface area contributed by atoms with E-state index in [1.54, 1.807) is 13.8 Å². The Labute approximate surface area is 103 Å². The standard InChI is InChI=1S/C12H22N2OS/c1-8-6-4-5-7-9(8)14-11(15)12(2,3)10(13)16/h8-9H,4-7H2,1-3H3,(H2,13,16)(H,14,15). The second-order valence-corrected chi connectivity index (χ2v) is 5.77. The summed E-state index contributed by atoms with van der Waals surface area (Å²) in [7, 11) is 0. The number of amides is 1. The molecular weight excluding hydrogens is 220 g/mol. The van der Waals surface area contributed by atoms with Crippen LogP contribution in [0, 0.1) is 11.3 Å². The van der Waals surface area contributed by atoms with Crippen LogP contribution in [-0.2, 0) is 4.79 Å². The lowest BCUT2D eigenvalue weighted by atomic mass is 9.84. The number of nitrogens with two attached hydrogens (primary N) is 1. The fourth-order valence-corrected chi connectivity index (χ4v) is 2.08. The predicted molar refractivity (Wildman–Crippen MR) is 70.1 cm³/mol. The number of hydrogen-bond donors (Lipinski definition) is 2. The van der Waals surface area contributed by atoms with Crippen LogP contribution in [0.2, 0.25) is 0 Å². The molecule has 0 saturated heterocycles. The summed E-state index contributed by atoms with van der Waals surface area (Å²) in [5.41, 5.74) is 4.84. The Hall–Kier alpha value is -0.640. The molecule has 0 radical (unpaired) electrons. The molecule has 0 aliphatic heterocycles.